The summed E-state index contributed by atoms with van der Waals surface area (Å²) in [5, 5.41) is -0.0175. The number of amides is 1. The Balaban J connectivity index is 2.12. The number of carbonyl (C=O) groups excluding carboxylic acids is 1. The number of halogens is 3. The van der Waals surface area contributed by atoms with Crippen LogP contribution in [0.2, 0.25) is 10.0 Å². The largest absolute Gasteiger partial charge is 0.337 e. The average molecular weight is 343 g/mol. The third kappa shape index (κ3) is 3.54. The predicted octanol–water partition coefficient (Wildman–Crippen LogP) is 2.66. The molecule has 2 rings (SSSR count). The molecule has 4 nitrogen and oxygen atoms in total. The van der Waals surface area contributed by atoms with E-state index in [0.717, 1.165) is 5.56 Å². The van der Waals surface area contributed by atoms with Crippen molar-refractivity contribution < 1.29 is 13.2 Å². The molecule has 0 saturated carbocycles. The molecule has 1 amide bonds. The Kier molecular flexibility index (Phi) is 4.30. The van der Waals surface area contributed by atoms with Crippen molar-refractivity contribution in [1.82, 2.24) is 4.90 Å². The summed E-state index contributed by atoms with van der Waals surface area (Å²) in [7, 11) is 1.56. The lowest BCUT2D eigenvalue weighted by Crippen LogP contribution is -2.26. The average Bonchev–Trinajstić information content (AvgIpc) is 2.65. The van der Waals surface area contributed by atoms with Crippen molar-refractivity contribution in [1.29, 1.82) is 0 Å². The zero-order valence-corrected chi connectivity index (χ0v) is 12.7. The molecule has 0 radical (unpaired) electrons. The number of carbonyl (C=O) groups is 1. The maximum Gasteiger partial charge on any atom is 0.237 e. The molecule has 0 N–H and O–H groups in total. The lowest BCUT2D eigenvalue weighted by molar-refractivity contribution is -0.128. The normalized spacial score (nSPS) is 20.1. The summed E-state index contributed by atoms with van der Waals surface area (Å²) in [5.41, 5.74) is 0.787. The number of hydrogen-bond donors (Lipinski definition) is 0. The fourth-order valence-corrected chi connectivity index (χ4v) is 3.31. The topological polar surface area (TPSA) is 54.5 Å². The highest BCUT2D eigenvalue weighted by Gasteiger charge is 2.37. The molecule has 0 bridgehead atoms. The number of nitrogens with zero attached hydrogens (tertiary/aromatic N) is 1. The highest BCUT2D eigenvalue weighted by molar-refractivity contribution is 8.14. The molecule has 1 saturated heterocycles. The van der Waals surface area contributed by atoms with E-state index in [4.69, 9.17) is 33.9 Å². The minimum atomic E-state index is -3.71. The van der Waals surface area contributed by atoms with E-state index in [0.29, 0.717) is 16.6 Å². The van der Waals surface area contributed by atoms with Gasteiger partial charge in [0.2, 0.25) is 15.0 Å². The van der Waals surface area contributed by atoms with Gasteiger partial charge in [0, 0.05) is 30.2 Å². The molecule has 1 heterocycles. The second-order valence-electron chi connectivity index (χ2n) is 4.32. The van der Waals surface area contributed by atoms with Crippen molar-refractivity contribution in [2.45, 2.75) is 18.2 Å². The van der Waals surface area contributed by atoms with Gasteiger partial charge in [-0.15, -0.1) is 0 Å². The van der Waals surface area contributed by atoms with E-state index in [2.05, 4.69) is 0 Å². The highest BCUT2D eigenvalue weighted by Crippen LogP contribution is 2.26. The van der Waals surface area contributed by atoms with Crippen LogP contribution in [-0.4, -0.2) is 31.0 Å². The van der Waals surface area contributed by atoms with Gasteiger partial charge < -0.3 is 4.90 Å². The predicted molar refractivity (Wildman–Crippen MR) is 75.1 cm³/mol. The van der Waals surface area contributed by atoms with Crippen LogP contribution in [0.3, 0.4) is 0 Å². The summed E-state index contributed by atoms with van der Waals surface area (Å²) in [4.78, 5) is 13.2. The Bertz CT molecular complexity index is 618. The molecule has 1 atom stereocenters. The van der Waals surface area contributed by atoms with Gasteiger partial charge in [-0.1, -0.05) is 29.3 Å². The fourth-order valence-electron chi connectivity index (χ4n) is 1.94. The Morgan fingerprint density at radius 3 is 2.47 bits per heavy atom. The summed E-state index contributed by atoms with van der Waals surface area (Å²) in [6.45, 7) is 0.392. The van der Waals surface area contributed by atoms with Gasteiger partial charge in [-0.05, 0) is 17.7 Å². The van der Waals surface area contributed by atoms with Crippen LogP contribution in [0.5, 0.6) is 0 Å². The summed E-state index contributed by atoms with van der Waals surface area (Å²) >= 11 is 11.7. The molecule has 0 aliphatic carbocycles. The van der Waals surface area contributed by atoms with E-state index >= 15 is 0 Å². The molecule has 1 fully saturated rings. The minimum absolute atomic E-state index is 0.0762. The highest BCUT2D eigenvalue weighted by atomic mass is 35.7. The van der Waals surface area contributed by atoms with Crippen molar-refractivity contribution >= 4 is 48.8 Å². The summed E-state index contributed by atoms with van der Waals surface area (Å²) in [6.07, 6.45) is -0.0762. The Labute approximate surface area is 125 Å². The Morgan fingerprint density at radius 2 is 1.95 bits per heavy atom. The van der Waals surface area contributed by atoms with E-state index in [-0.39, 0.29) is 18.9 Å². The first-order chi connectivity index (χ1) is 8.77. The van der Waals surface area contributed by atoms with Crippen LogP contribution in [0.25, 0.3) is 0 Å². The lowest BCUT2D eigenvalue weighted by Gasteiger charge is -2.16. The minimum Gasteiger partial charge on any atom is -0.337 e. The molecule has 8 heteroatoms. The number of likely N-dealkylation sites (tertiary alicyclic amines) is 1. The van der Waals surface area contributed by atoms with E-state index < -0.39 is 14.3 Å². The van der Waals surface area contributed by atoms with Crippen LogP contribution in [0.15, 0.2) is 18.2 Å². The zero-order chi connectivity index (χ0) is 14.2. The second kappa shape index (κ2) is 5.48. The summed E-state index contributed by atoms with van der Waals surface area (Å²) in [6, 6.07) is 5.03. The standard InChI is InChI=1S/C11H10Cl3NO3S/c12-9-2-1-7(3-10(9)13)5-15-6-8(4-11(15)16)19(14,17)18/h1-3,8H,4-6H2. The van der Waals surface area contributed by atoms with Crippen molar-refractivity contribution in [2.24, 2.45) is 0 Å². The number of hydrogen-bond acceptors (Lipinski definition) is 3. The molecule has 1 aliphatic rings. The van der Waals surface area contributed by atoms with Gasteiger partial charge in [0.1, 0.15) is 5.25 Å². The van der Waals surface area contributed by atoms with Crippen LogP contribution < -0.4 is 0 Å². The van der Waals surface area contributed by atoms with Gasteiger partial charge in [-0.25, -0.2) is 8.42 Å². The van der Waals surface area contributed by atoms with E-state index in [1.54, 1.807) is 18.2 Å². The molecule has 19 heavy (non-hydrogen) atoms. The number of rotatable bonds is 3. The van der Waals surface area contributed by atoms with E-state index in [9.17, 15) is 13.2 Å². The first-order valence-corrected chi connectivity index (χ1v) is 8.55. The maximum atomic E-state index is 11.7. The van der Waals surface area contributed by atoms with Gasteiger partial charge in [0.25, 0.3) is 0 Å². The molecular weight excluding hydrogens is 333 g/mol. The van der Waals surface area contributed by atoms with Gasteiger partial charge in [0.05, 0.1) is 10.0 Å². The van der Waals surface area contributed by atoms with Crippen molar-refractivity contribution in [2.75, 3.05) is 6.54 Å². The molecule has 1 aromatic carbocycles. The van der Waals surface area contributed by atoms with E-state index in [1.165, 1.54) is 4.90 Å². The molecule has 1 aromatic rings. The summed E-state index contributed by atoms with van der Waals surface area (Å²) in [5.74, 6) is -0.236. The fraction of sp³-hybridized carbons (Fsp3) is 0.364. The quantitative estimate of drug-likeness (QED) is 0.794. The first kappa shape index (κ1) is 14.9. The molecule has 104 valence electrons. The van der Waals surface area contributed by atoms with Crippen LogP contribution in [-0.2, 0) is 20.4 Å². The first-order valence-electron chi connectivity index (χ1n) is 5.42. The number of benzene rings is 1. The maximum absolute atomic E-state index is 11.7. The van der Waals surface area contributed by atoms with E-state index in [1.807, 2.05) is 0 Å². The second-order valence-corrected chi connectivity index (χ2v) is 8.05. The lowest BCUT2D eigenvalue weighted by atomic mass is 10.2. The van der Waals surface area contributed by atoms with Gasteiger partial charge >= 0.3 is 0 Å². The molecular formula is C11H10Cl3NO3S. The molecule has 1 aliphatic heterocycles. The van der Waals surface area contributed by atoms with Crippen LogP contribution in [0.1, 0.15) is 12.0 Å². The Hall–Kier alpha value is -0.490. The van der Waals surface area contributed by atoms with Crippen LogP contribution in [0.4, 0.5) is 0 Å². The Morgan fingerprint density at radius 1 is 1.26 bits per heavy atom. The third-order valence-electron chi connectivity index (χ3n) is 2.93. The smallest absolute Gasteiger partial charge is 0.237 e. The molecule has 0 spiro atoms. The summed E-state index contributed by atoms with van der Waals surface area (Å²) < 4.78 is 22.4. The van der Waals surface area contributed by atoms with Gasteiger partial charge in [-0.3, -0.25) is 4.79 Å². The van der Waals surface area contributed by atoms with Gasteiger partial charge in [-0.2, -0.15) is 0 Å². The van der Waals surface area contributed by atoms with Gasteiger partial charge in [0.15, 0.2) is 0 Å². The van der Waals surface area contributed by atoms with Crippen LogP contribution >= 0.6 is 33.9 Å². The van der Waals surface area contributed by atoms with Crippen molar-refractivity contribution in [3.05, 3.63) is 33.8 Å². The van der Waals surface area contributed by atoms with Crippen molar-refractivity contribution in [3.8, 4) is 0 Å². The monoisotopic (exact) mass is 341 g/mol. The van der Waals surface area contributed by atoms with Crippen LogP contribution in [0, 0.1) is 0 Å². The third-order valence-corrected chi connectivity index (χ3v) is 5.54. The van der Waals surface area contributed by atoms with Crippen molar-refractivity contribution in [3.63, 3.8) is 0 Å². The SMILES string of the molecule is O=C1CC(S(=O)(=O)Cl)CN1Cc1ccc(Cl)c(Cl)c1. The molecule has 0 aromatic heterocycles. The molecule has 1 unspecified atom stereocenters. The zero-order valence-electron chi connectivity index (χ0n) is 9.64.